The molecule has 6 heteroatoms. The van der Waals surface area contributed by atoms with Gasteiger partial charge in [0.25, 0.3) is 0 Å². The lowest BCUT2D eigenvalue weighted by atomic mass is 10.2. The number of sulfonamides is 1. The molecule has 0 aromatic rings. The first-order chi connectivity index (χ1) is 8.00. The van der Waals surface area contributed by atoms with E-state index in [0.29, 0.717) is 6.61 Å². The second kappa shape index (κ2) is 5.22. The summed E-state index contributed by atoms with van der Waals surface area (Å²) in [6, 6.07) is 0.126. The Bertz CT molecular complexity index is 352. The molecule has 0 aromatic carbocycles. The zero-order valence-electron chi connectivity index (χ0n) is 10.6. The highest BCUT2D eigenvalue weighted by Crippen LogP contribution is 2.22. The summed E-state index contributed by atoms with van der Waals surface area (Å²) in [5.41, 5.74) is 0. The first-order valence-electron chi connectivity index (χ1n) is 6.31. The van der Waals surface area contributed by atoms with Gasteiger partial charge in [0, 0.05) is 19.7 Å². The van der Waals surface area contributed by atoms with Crippen LogP contribution in [0.15, 0.2) is 0 Å². The lowest BCUT2D eigenvalue weighted by Crippen LogP contribution is -2.45. The van der Waals surface area contributed by atoms with E-state index in [1.54, 1.807) is 7.05 Å². The predicted octanol–water partition coefficient (Wildman–Crippen LogP) is 0.177. The van der Waals surface area contributed by atoms with Gasteiger partial charge in [-0.15, -0.1) is 0 Å². The van der Waals surface area contributed by atoms with Crippen LogP contribution in [-0.2, 0) is 14.8 Å². The second-order valence-electron chi connectivity index (χ2n) is 5.02. The lowest BCUT2D eigenvalue weighted by molar-refractivity contribution is 0.102. The monoisotopic (exact) mass is 262 g/mol. The van der Waals surface area contributed by atoms with Crippen LogP contribution in [0.2, 0.25) is 0 Å². The molecular formula is C11H22N2O3S. The van der Waals surface area contributed by atoms with E-state index in [-0.39, 0.29) is 23.9 Å². The van der Waals surface area contributed by atoms with Crippen molar-refractivity contribution in [3.8, 4) is 0 Å². The summed E-state index contributed by atoms with van der Waals surface area (Å²) in [4.78, 5) is 0. The number of hydrogen-bond donors (Lipinski definition) is 1. The average molecular weight is 262 g/mol. The molecule has 2 saturated heterocycles. The topological polar surface area (TPSA) is 58.6 Å². The molecule has 2 aliphatic rings. The van der Waals surface area contributed by atoms with Crippen LogP contribution in [0.1, 0.15) is 26.2 Å². The van der Waals surface area contributed by atoms with E-state index in [1.165, 1.54) is 4.31 Å². The summed E-state index contributed by atoms with van der Waals surface area (Å²) in [6.07, 6.45) is 2.84. The van der Waals surface area contributed by atoms with Crippen molar-refractivity contribution in [1.29, 1.82) is 0 Å². The van der Waals surface area contributed by atoms with Crippen molar-refractivity contribution < 1.29 is 13.2 Å². The molecule has 1 N–H and O–H groups in total. The Morgan fingerprint density at radius 2 is 2.18 bits per heavy atom. The maximum Gasteiger partial charge on any atom is 0.215 e. The van der Waals surface area contributed by atoms with Crippen molar-refractivity contribution in [3.63, 3.8) is 0 Å². The fourth-order valence-electron chi connectivity index (χ4n) is 2.67. The fourth-order valence-corrected chi connectivity index (χ4v) is 4.39. The highest BCUT2D eigenvalue weighted by molar-refractivity contribution is 7.89. The molecule has 0 amide bonds. The van der Waals surface area contributed by atoms with E-state index in [1.807, 2.05) is 6.92 Å². The fraction of sp³-hybridized carbons (Fsp3) is 1.00. The van der Waals surface area contributed by atoms with Crippen LogP contribution in [-0.4, -0.2) is 56.9 Å². The molecule has 3 unspecified atom stereocenters. The van der Waals surface area contributed by atoms with Crippen molar-refractivity contribution in [3.05, 3.63) is 0 Å². The Balaban J connectivity index is 1.98. The van der Waals surface area contributed by atoms with E-state index in [2.05, 4.69) is 5.32 Å². The summed E-state index contributed by atoms with van der Waals surface area (Å²) in [7, 11) is -1.49. The summed E-state index contributed by atoms with van der Waals surface area (Å²) in [5, 5.41) is 3.23. The number of rotatable bonds is 4. The van der Waals surface area contributed by atoms with Crippen LogP contribution in [0.5, 0.6) is 0 Å². The molecule has 100 valence electrons. The predicted molar refractivity (Wildman–Crippen MR) is 66.4 cm³/mol. The molecule has 2 rings (SSSR count). The van der Waals surface area contributed by atoms with Gasteiger partial charge in [-0.25, -0.2) is 8.42 Å². The van der Waals surface area contributed by atoms with Gasteiger partial charge >= 0.3 is 0 Å². The zero-order valence-corrected chi connectivity index (χ0v) is 11.4. The third-order valence-electron chi connectivity index (χ3n) is 3.82. The van der Waals surface area contributed by atoms with E-state index in [4.69, 9.17) is 4.74 Å². The van der Waals surface area contributed by atoms with Gasteiger partial charge in [-0.05, 0) is 32.7 Å². The third-order valence-corrected chi connectivity index (χ3v) is 5.79. The zero-order chi connectivity index (χ0) is 12.5. The molecular weight excluding hydrogens is 240 g/mol. The van der Waals surface area contributed by atoms with Crippen molar-refractivity contribution in [2.24, 2.45) is 0 Å². The van der Waals surface area contributed by atoms with Crippen LogP contribution in [0.25, 0.3) is 0 Å². The van der Waals surface area contributed by atoms with Crippen molar-refractivity contribution in [1.82, 2.24) is 9.62 Å². The largest absolute Gasteiger partial charge is 0.377 e. The van der Waals surface area contributed by atoms with Gasteiger partial charge in [0.2, 0.25) is 10.0 Å². The van der Waals surface area contributed by atoms with E-state index in [9.17, 15) is 8.42 Å². The minimum atomic E-state index is -3.17. The Hall–Kier alpha value is -0.170. The maximum atomic E-state index is 12.2. The second-order valence-corrected chi connectivity index (χ2v) is 7.09. The van der Waals surface area contributed by atoms with E-state index < -0.39 is 10.0 Å². The number of likely N-dealkylation sites (N-methyl/N-ethyl adjacent to an activating group) is 1. The van der Waals surface area contributed by atoms with Gasteiger partial charge in [0.1, 0.15) is 0 Å². The van der Waals surface area contributed by atoms with E-state index in [0.717, 1.165) is 25.8 Å². The molecule has 0 bridgehead atoms. The molecule has 0 saturated carbocycles. The average Bonchev–Trinajstić information content (AvgIpc) is 2.88. The third kappa shape index (κ3) is 2.99. The minimum absolute atomic E-state index is 0.00130. The summed E-state index contributed by atoms with van der Waals surface area (Å²) in [5.74, 6) is 0.215. The van der Waals surface area contributed by atoms with Gasteiger partial charge in [0.15, 0.2) is 0 Å². The van der Waals surface area contributed by atoms with Crippen LogP contribution >= 0.6 is 0 Å². The Morgan fingerprint density at radius 1 is 1.41 bits per heavy atom. The van der Waals surface area contributed by atoms with Gasteiger partial charge in [-0.3, -0.25) is 0 Å². The number of hydrogen-bond acceptors (Lipinski definition) is 4. The molecule has 5 nitrogen and oxygen atoms in total. The number of ether oxygens (including phenoxy) is 1. The molecule has 2 fully saturated rings. The SMILES string of the molecule is CC1OCCC1N(C)S(=O)(=O)CC1CCCN1. The van der Waals surface area contributed by atoms with Crippen molar-refractivity contribution in [2.75, 3.05) is 26.0 Å². The first-order valence-corrected chi connectivity index (χ1v) is 7.92. The van der Waals surface area contributed by atoms with Crippen molar-refractivity contribution in [2.45, 2.75) is 44.4 Å². The summed E-state index contributed by atoms with van der Waals surface area (Å²) < 4.78 is 31.4. The molecule has 2 aliphatic heterocycles. The van der Waals surface area contributed by atoms with E-state index >= 15 is 0 Å². The smallest absolute Gasteiger partial charge is 0.215 e. The summed E-state index contributed by atoms with van der Waals surface area (Å²) >= 11 is 0. The Morgan fingerprint density at radius 3 is 2.71 bits per heavy atom. The lowest BCUT2D eigenvalue weighted by Gasteiger charge is -2.27. The molecule has 0 radical (unpaired) electrons. The van der Waals surface area contributed by atoms with Crippen molar-refractivity contribution >= 4 is 10.0 Å². The standard InChI is InChI=1S/C11H22N2O3S/c1-9-11(5-7-16-9)13(2)17(14,15)8-10-4-3-6-12-10/h9-12H,3-8H2,1-2H3. The first kappa shape index (κ1) is 13.3. The van der Waals surface area contributed by atoms with Gasteiger partial charge in [-0.2, -0.15) is 4.31 Å². The van der Waals surface area contributed by atoms with Gasteiger partial charge < -0.3 is 10.1 Å². The van der Waals surface area contributed by atoms with Crippen LogP contribution in [0.4, 0.5) is 0 Å². The number of nitrogens with one attached hydrogen (secondary N) is 1. The highest BCUT2D eigenvalue weighted by Gasteiger charge is 2.35. The molecule has 2 heterocycles. The molecule has 0 spiro atoms. The molecule has 0 aliphatic carbocycles. The maximum absolute atomic E-state index is 12.2. The minimum Gasteiger partial charge on any atom is -0.377 e. The highest BCUT2D eigenvalue weighted by atomic mass is 32.2. The Labute approximate surface area is 104 Å². The van der Waals surface area contributed by atoms with Crippen LogP contribution in [0, 0.1) is 0 Å². The van der Waals surface area contributed by atoms with Crippen LogP contribution < -0.4 is 5.32 Å². The van der Waals surface area contributed by atoms with Gasteiger partial charge in [-0.1, -0.05) is 0 Å². The summed E-state index contributed by atoms with van der Waals surface area (Å²) in [6.45, 7) is 3.54. The quantitative estimate of drug-likeness (QED) is 0.785. The normalized spacial score (nSPS) is 34.6. The van der Waals surface area contributed by atoms with Crippen LogP contribution in [0.3, 0.4) is 0 Å². The number of nitrogens with zero attached hydrogens (tertiary/aromatic N) is 1. The van der Waals surface area contributed by atoms with Gasteiger partial charge in [0.05, 0.1) is 17.9 Å². The Kier molecular flexibility index (Phi) is 4.07. The molecule has 17 heavy (non-hydrogen) atoms. The molecule has 3 atom stereocenters. The molecule has 0 aromatic heterocycles.